The highest BCUT2D eigenvalue weighted by atomic mass is 32.1. The molecule has 0 saturated carbocycles. The van der Waals surface area contributed by atoms with Crippen LogP contribution in [-0.2, 0) is 4.79 Å². The number of hydrogen-bond donors (Lipinski definition) is 2. The molecule has 2 aromatic carbocycles. The first kappa shape index (κ1) is 20.5. The molecule has 0 bridgehead atoms. The Morgan fingerprint density at radius 2 is 1.90 bits per heavy atom. The molecule has 0 aliphatic rings. The summed E-state index contributed by atoms with van der Waals surface area (Å²) in [4.78, 5) is 24.3. The fourth-order valence-corrected chi connectivity index (χ4v) is 3.72. The predicted molar refractivity (Wildman–Crippen MR) is 113 cm³/mol. The molecule has 1 amide bonds. The number of carbonyl (C=O) groups excluding carboxylic acids is 1. The van der Waals surface area contributed by atoms with E-state index in [0.717, 1.165) is 10.4 Å². The summed E-state index contributed by atoms with van der Waals surface area (Å²) in [5.41, 5.74) is 1.33. The number of amides is 1. The second kappa shape index (κ2) is 9.31. The fraction of sp³-hybridized carbons (Fsp3) is 0.190. The average Bonchev–Trinajstić information content (AvgIpc) is 3.27. The van der Waals surface area contributed by atoms with E-state index < -0.39 is 11.0 Å². The number of benzene rings is 2. The summed E-state index contributed by atoms with van der Waals surface area (Å²) < 4.78 is 5.19. The van der Waals surface area contributed by atoms with Crippen LogP contribution in [0.5, 0.6) is 5.75 Å². The van der Waals surface area contributed by atoms with Crippen LogP contribution < -0.4 is 15.4 Å². The molecule has 0 unspecified atom stereocenters. The third-order valence-corrected chi connectivity index (χ3v) is 5.36. The van der Waals surface area contributed by atoms with Gasteiger partial charge in [0.1, 0.15) is 5.75 Å². The molecule has 3 rings (SSSR count). The number of nitro groups is 1. The van der Waals surface area contributed by atoms with Crippen molar-refractivity contribution in [2.24, 2.45) is 0 Å². The summed E-state index contributed by atoms with van der Waals surface area (Å²) in [6, 6.07) is 17.3. The minimum absolute atomic E-state index is 0.104. The Bertz CT molecular complexity index is 977. The van der Waals surface area contributed by atoms with Crippen LogP contribution in [0.1, 0.15) is 23.4 Å². The van der Waals surface area contributed by atoms with E-state index in [1.165, 1.54) is 25.3 Å². The van der Waals surface area contributed by atoms with Gasteiger partial charge in [-0.15, -0.1) is 11.3 Å². The zero-order valence-corrected chi connectivity index (χ0v) is 16.8. The van der Waals surface area contributed by atoms with Crippen molar-refractivity contribution in [2.75, 3.05) is 12.4 Å². The molecule has 8 heteroatoms. The Morgan fingerprint density at radius 1 is 1.14 bits per heavy atom. The highest BCUT2D eigenvalue weighted by molar-refractivity contribution is 7.10. The van der Waals surface area contributed by atoms with E-state index in [1.54, 1.807) is 18.3 Å². The number of ether oxygens (including phenoxy) is 1. The summed E-state index contributed by atoms with van der Waals surface area (Å²) in [6.07, 6.45) is 0. The van der Waals surface area contributed by atoms with E-state index in [9.17, 15) is 14.9 Å². The Morgan fingerprint density at radius 3 is 2.52 bits per heavy atom. The Hall–Kier alpha value is -3.23. The fourth-order valence-electron chi connectivity index (χ4n) is 2.91. The van der Waals surface area contributed by atoms with E-state index in [-0.39, 0.29) is 23.4 Å². The molecule has 7 nitrogen and oxygen atoms in total. The summed E-state index contributed by atoms with van der Waals surface area (Å²) in [7, 11) is 1.40. The minimum Gasteiger partial charge on any atom is -0.494 e. The van der Waals surface area contributed by atoms with Crippen molar-refractivity contribution < 1.29 is 14.5 Å². The SMILES string of the molecule is COc1cc([N+](=O)[O-])ccc1NC(=O)[C@H](C)N[C@@H](c1ccccc1)c1cccs1. The normalized spacial score (nSPS) is 12.8. The van der Waals surface area contributed by atoms with Gasteiger partial charge in [0.05, 0.1) is 35.9 Å². The van der Waals surface area contributed by atoms with Crippen molar-refractivity contribution in [1.29, 1.82) is 0 Å². The molecule has 1 aromatic heterocycles. The number of nitro benzene ring substituents is 1. The van der Waals surface area contributed by atoms with Gasteiger partial charge in [-0.2, -0.15) is 0 Å². The molecule has 29 heavy (non-hydrogen) atoms. The lowest BCUT2D eigenvalue weighted by Crippen LogP contribution is -2.40. The molecular weight excluding hydrogens is 390 g/mol. The summed E-state index contributed by atoms with van der Waals surface area (Å²) in [5, 5.41) is 19.1. The Kier molecular flexibility index (Phi) is 6.58. The molecule has 0 aliphatic carbocycles. The number of nitrogens with zero attached hydrogens (tertiary/aromatic N) is 1. The first-order valence-corrected chi connectivity index (χ1v) is 9.85. The van der Waals surface area contributed by atoms with Crippen molar-refractivity contribution in [3.05, 3.63) is 86.6 Å². The summed E-state index contributed by atoms with van der Waals surface area (Å²) in [6.45, 7) is 1.77. The van der Waals surface area contributed by atoms with E-state index in [1.807, 2.05) is 47.8 Å². The average molecular weight is 411 g/mol. The first-order valence-electron chi connectivity index (χ1n) is 8.97. The topological polar surface area (TPSA) is 93.5 Å². The molecule has 0 spiro atoms. The summed E-state index contributed by atoms with van der Waals surface area (Å²) >= 11 is 1.62. The third-order valence-electron chi connectivity index (χ3n) is 4.42. The zero-order valence-electron chi connectivity index (χ0n) is 16.0. The van der Waals surface area contributed by atoms with Gasteiger partial charge in [0.25, 0.3) is 5.69 Å². The van der Waals surface area contributed by atoms with Crippen molar-refractivity contribution in [3.8, 4) is 5.75 Å². The van der Waals surface area contributed by atoms with Crippen molar-refractivity contribution in [3.63, 3.8) is 0 Å². The lowest BCUT2D eigenvalue weighted by Gasteiger charge is -2.23. The van der Waals surface area contributed by atoms with Crippen LogP contribution in [-0.4, -0.2) is 24.0 Å². The van der Waals surface area contributed by atoms with Crippen LogP contribution >= 0.6 is 11.3 Å². The van der Waals surface area contributed by atoms with Gasteiger partial charge in [0.2, 0.25) is 5.91 Å². The smallest absolute Gasteiger partial charge is 0.273 e. The number of anilines is 1. The maximum Gasteiger partial charge on any atom is 0.273 e. The number of non-ortho nitro benzene ring substituents is 1. The van der Waals surface area contributed by atoms with Crippen LogP contribution in [0.25, 0.3) is 0 Å². The van der Waals surface area contributed by atoms with Gasteiger partial charge in [0.15, 0.2) is 0 Å². The number of methoxy groups -OCH3 is 1. The second-order valence-corrected chi connectivity index (χ2v) is 7.36. The van der Waals surface area contributed by atoms with E-state index in [4.69, 9.17) is 4.74 Å². The predicted octanol–water partition coefficient (Wildman–Crippen LogP) is 4.37. The molecule has 0 radical (unpaired) electrons. The molecule has 2 N–H and O–H groups in total. The highest BCUT2D eigenvalue weighted by Crippen LogP contribution is 2.30. The first-order chi connectivity index (χ1) is 14.0. The largest absolute Gasteiger partial charge is 0.494 e. The number of nitrogens with one attached hydrogen (secondary N) is 2. The zero-order chi connectivity index (χ0) is 20.8. The molecule has 0 saturated heterocycles. The maximum atomic E-state index is 12.8. The van der Waals surface area contributed by atoms with E-state index in [0.29, 0.717) is 5.69 Å². The summed E-state index contributed by atoms with van der Waals surface area (Å²) in [5.74, 6) is -0.0349. The molecule has 1 heterocycles. The van der Waals surface area contributed by atoms with Crippen molar-refractivity contribution in [1.82, 2.24) is 5.32 Å². The number of carbonyl (C=O) groups is 1. The van der Waals surface area contributed by atoms with E-state index >= 15 is 0 Å². The lowest BCUT2D eigenvalue weighted by atomic mass is 10.0. The number of thiophene rings is 1. The van der Waals surface area contributed by atoms with Crippen LogP contribution in [0.4, 0.5) is 11.4 Å². The highest BCUT2D eigenvalue weighted by Gasteiger charge is 2.22. The minimum atomic E-state index is -0.526. The number of hydrogen-bond acceptors (Lipinski definition) is 6. The quantitative estimate of drug-likeness (QED) is 0.424. The van der Waals surface area contributed by atoms with Gasteiger partial charge in [0, 0.05) is 10.9 Å². The maximum absolute atomic E-state index is 12.8. The second-order valence-electron chi connectivity index (χ2n) is 6.38. The molecule has 150 valence electrons. The van der Waals surface area contributed by atoms with Crippen molar-refractivity contribution >= 4 is 28.6 Å². The van der Waals surface area contributed by atoms with Gasteiger partial charge in [-0.25, -0.2) is 0 Å². The molecule has 0 fully saturated rings. The van der Waals surface area contributed by atoms with Crippen LogP contribution in [0, 0.1) is 10.1 Å². The third kappa shape index (κ3) is 4.98. The van der Waals surface area contributed by atoms with Gasteiger partial charge in [-0.1, -0.05) is 36.4 Å². The standard InChI is InChI=1S/C21H21N3O4S/c1-14(21(25)23-17-11-10-16(24(26)27)13-18(17)28-2)22-20(19-9-6-12-29-19)15-7-4-3-5-8-15/h3-14,20,22H,1-2H3,(H,23,25)/t14-,20-/m0/s1. The van der Waals surface area contributed by atoms with E-state index in [2.05, 4.69) is 10.6 Å². The molecule has 3 aromatic rings. The lowest BCUT2D eigenvalue weighted by molar-refractivity contribution is -0.384. The monoisotopic (exact) mass is 411 g/mol. The van der Waals surface area contributed by atoms with Crippen LogP contribution in [0.3, 0.4) is 0 Å². The Balaban J connectivity index is 1.76. The van der Waals surface area contributed by atoms with Gasteiger partial charge >= 0.3 is 0 Å². The van der Waals surface area contributed by atoms with Gasteiger partial charge in [-0.05, 0) is 30.0 Å². The van der Waals surface area contributed by atoms with Crippen molar-refractivity contribution in [2.45, 2.75) is 19.0 Å². The molecule has 2 atom stereocenters. The Labute approximate surface area is 172 Å². The number of rotatable bonds is 8. The van der Waals surface area contributed by atoms with Gasteiger partial charge in [-0.3, -0.25) is 20.2 Å². The van der Waals surface area contributed by atoms with Gasteiger partial charge < -0.3 is 10.1 Å². The molecular formula is C21H21N3O4S. The van der Waals surface area contributed by atoms with Crippen LogP contribution in [0.15, 0.2) is 66.0 Å². The van der Waals surface area contributed by atoms with Crippen LogP contribution in [0.2, 0.25) is 0 Å². The molecule has 0 aliphatic heterocycles.